The van der Waals surface area contributed by atoms with Crippen molar-refractivity contribution >= 4 is 44.1 Å². The molecular formula is C15H14BrNO3S. The lowest BCUT2D eigenvalue weighted by Gasteiger charge is -2.07. The van der Waals surface area contributed by atoms with Crippen molar-refractivity contribution in [3.63, 3.8) is 0 Å². The van der Waals surface area contributed by atoms with E-state index in [2.05, 4.69) is 21.2 Å². The molecule has 0 saturated heterocycles. The molecule has 0 spiro atoms. The van der Waals surface area contributed by atoms with Crippen LogP contribution in [0.1, 0.15) is 32.5 Å². The quantitative estimate of drug-likeness (QED) is 0.821. The van der Waals surface area contributed by atoms with E-state index in [-0.39, 0.29) is 5.91 Å². The van der Waals surface area contributed by atoms with Crippen LogP contribution in [0.4, 0.5) is 5.00 Å². The molecule has 2 aromatic rings. The summed E-state index contributed by atoms with van der Waals surface area (Å²) in [5.41, 5.74) is 0.901. The number of rotatable bonds is 4. The van der Waals surface area contributed by atoms with Crippen LogP contribution in [0, 0.1) is 6.92 Å². The smallest absolute Gasteiger partial charge is 0.341 e. The molecule has 4 nitrogen and oxygen atoms in total. The van der Waals surface area contributed by atoms with Gasteiger partial charge < -0.3 is 10.1 Å². The standard InChI is InChI=1S/C15H14BrNO3S/c1-3-20-15(19)11-8-9(2)21-14(11)17-13(18)10-6-4-5-7-12(10)16/h4-8H,3H2,1-2H3,(H,17,18). The Morgan fingerprint density at radius 2 is 2.00 bits per heavy atom. The van der Waals surface area contributed by atoms with E-state index >= 15 is 0 Å². The van der Waals surface area contributed by atoms with Gasteiger partial charge >= 0.3 is 5.97 Å². The molecule has 0 atom stereocenters. The SMILES string of the molecule is CCOC(=O)c1cc(C)sc1NC(=O)c1ccccc1Br. The highest BCUT2D eigenvalue weighted by atomic mass is 79.9. The van der Waals surface area contributed by atoms with Crippen molar-refractivity contribution in [1.29, 1.82) is 0 Å². The Hall–Kier alpha value is -1.66. The second kappa shape index (κ2) is 6.87. The maximum absolute atomic E-state index is 12.3. The Bertz CT molecular complexity index is 681. The van der Waals surface area contributed by atoms with Gasteiger partial charge in [-0.15, -0.1) is 11.3 Å². The summed E-state index contributed by atoms with van der Waals surface area (Å²) >= 11 is 4.69. The molecule has 0 unspecified atom stereocenters. The van der Waals surface area contributed by atoms with Gasteiger partial charge in [-0.1, -0.05) is 12.1 Å². The van der Waals surface area contributed by atoms with E-state index in [4.69, 9.17) is 4.74 Å². The van der Waals surface area contributed by atoms with Gasteiger partial charge in [-0.05, 0) is 48.0 Å². The van der Waals surface area contributed by atoms with E-state index in [0.29, 0.717) is 27.2 Å². The Morgan fingerprint density at radius 3 is 2.67 bits per heavy atom. The van der Waals surface area contributed by atoms with Gasteiger partial charge in [0.15, 0.2) is 0 Å². The number of halogens is 1. The summed E-state index contributed by atoms with van der Waals surface area (Å²) < 4.78 is 5.70. The largest absolute Gasteiger partial charge is 0.462 e. The monoisotopic (exact) mass is 367 g/mol. The molecule has 0 aliphatic heterocycles. The summed E-state index contributed by atoms with van der Waals surface area (Å²) in [6.45, 7) is 3.92. The number of carbonyl (C=O) groups is 2. The minimum Gasteiger partial charge on any atom is -0.462 e. The van der Waals surface area contributed by atoms with Crippen LogP contribution < -0.4 is 5.32 Å². The second-order valence-electron chi connectivity index (χ2n) is 4.25. The van der Waals surface area contributed by atoms with E-state index in [9.17, 15) is 9.59 Å². The molecule has 0 aliphatic rings. The third-order valence-corrected chi connectivity index (χ3v) is 4.35. The zero-order valence-electron chi connectivity index (χ0n) is 11.6. The van der Waals surface area contributed by atoms with Gasteiger partial charge in [-0.3, -0.25) is 4.79 Å². The maximum atomic E-state index is 12.3. The fourth-order valence-electron chi connectivity index (χ4n) is 1.78. The highest BCUT2D eigenvalue weighted by Crippen LogP contribution is 2.29. The Kier molecular flexibility index (Phi) is 5.14. The van der Waals surface area contributed by atoms with Crippen molar-refractivity contribution in [3.05, 3.63) is 50.8 Å². The van der Waals surface area contributed by atoms with Crippen LogP contribution in [0.15, 0.2) is 34.8 Å². The van der Waals surface area contributed by atoms with Gasteiger partial charge in [0, 0.05) is 9.35 Å². The molecule has 0 radical (unpaired) electrons. The minimum absolute atomic E-state index is 0.269. The molecule has 0 aliphatic carbocycles. The van der Waals surface area contributed by atoms with Crippen LogP contribution in [-0.2, 0) is 4.74 Å². The predicted octanol–water partition coefficient (Wildman–Crippen LogP) is 4.25. The maximum Gasteiger partial charge on any atom is 0.341 e. The topological polar surface area (TPSA) is 55.4 Å². The van der Waals surface area contributed by atoms with Crippen molar-refractivity contribution in [2.45, 2.75) is 13.8 Å². The summed E-state index contributed by atoms with van der Waals surface area (Å²) in [5.74, 6) is -0.695. The lowest BCUT2D eigenvalue weighted by molar-refractivity contribution is 0.0528. The number of anilines is 1. The molecule has 0 saturated carbocycles. The van der Waals surface area contributed by atoms with Crippen molar-refractivity contribution in [3.8, 4) is 0 Å². The Morgan fingerprint density at radius 1 is 1.29 bits per heavy atom. The number of hydrogen-bond acceptors (Lipinski definition) is 4. The third-order valence-electron chi connectivity index (χ3n) is 2.70. The highest BCUT2D eigenvalue weighted by Gasteiger charge is 2.19. The second-order valence-corrected chi connectivity index (χ2v) is 6.36. The van der Waals surface area contributed by atoms with E-state index < -0.39 is 5.97 Å². The molecule has 1 amide bonds. The molecule has 2 rings (SSSR count). The van der Waals surface area contributed by atoms with Crippen molar-refractivity contribution in [2.75, 3.05) is 11.9 Å². The first-order chi connectivity index (χ1) is 10.0. The molecule has 0 fully saturated rings. The van der Waals surface area contributed by atoms with Gasteiger partial charge in [-0.2, -0.15) is 0 Å². The fourth-order valence-corrected chi connectivity index (χ4v) is 3.14. The van der Waals surface area contributed by atoms with Crippen LogP contribution in [0.2, 0.25) is 0 Å². The number of thiophene rings is 1. The summed E-state index contributed by atoms with van der Waals surface area (Å²) in [7, 11) is 0. The van der Waals surface area contributed by atoms with E-state index in [1.54, 1.807) is 31.2 Å². The normalized spacial score (nSPS) is 10.2. The molecule has 1 N–H and O–H groups in total. The predicted molar refractivity (Wildman–Crippen MR) is 87.1 cm³/mol. The first kappa shape index (κ1) is 15.7. The molecule has 1 aromatic heterocycles. The molecule has 1 aromatic carbocycles. The van der Waals surface area contributed by atoms with Gasteiger partial charge in [0.1, 0.15) is 5.00 Å². The molecule has 6 heteroatoms. The number of esters is 1. The number of nitrogens with one attached hydrogen (secondary N) is 1. The number of aryl methyl sites for hydroxylation is 1. The molecule has 0 bridgehead atoms. The third kappa shape index (κ3) is 3.71. The highest BCUT2D eigenvalue weighted by molar-refractivity contribution is 9.10. The summed E-state index contributed by atoms with van der Waals surface area (Å²) in [4.78, 5) is 25.1. The number of ether oxygens (including phenoxy) is 1. The first-order valence-electron chi connectivity index (χ1n) is 6.36. The van der Waals surface area contributed by atoms with Gasteiger partial charge in [-0.25, -0.2) is 4.79 Å². The van der Waals surface area contributed by atoms with E-state index in [1.807, 2.05) is 13.0 Å². The zero-order valence-corrected chi connectivity index (χ0v) is 14.0. The molecular weight excluding hydrogens is 354 g/mol. The van der Waals surface area contributed by atoms with E-state index in [0.717, 1.165) is 4.88 Å². The van der Waals surface area contributed by atoms with Crippen LogP contribution in [0.3, 0.4) is 0 Å². The summed E-state index contributed by atoms with van der Waals surface area (Å²) in [6.07, 6.45) is 0. The van der Waals surface area contributed by atoms with E-state index in [1.165, 1.54) is 11.3 Å². The van der Waals surface area contributed by atoms with Crippen molar-refractivity contribution in [2.24, 2.45) is 0 Å². The van der Waals surface area contributed by atoms with Crippen LogP contribution in [0.25, 0.3) is 0 Å². The van der Waals surface area contributed by atoms with Gasteiger partial charge in [0.05, 0.1) is 17.7 Å². The molecule has 110 valence electrons. The Labute approximate surface area is 135 Å². The van der Waals surface area contributed by atoms with Crippen LogP contribution >= 0.6 is 27.3 Å². The minimum atomic E-state index is -0.427. The summed E-state index contributed by atoms with van der Waals surface area (Å²) in [5, 5.41) is 3.28. The average molecular weight is 368 g/mol. The lowest BCUT2D eigenvalue weighted by atomic mass is 10.2. The first-order valence-corrected chi connectivity index (χ1v) is 7.97. The Balaban J connectivity index is 2.26. The van der Waals surface area contributed by atoms with Gasteiger partial charge in [0.2, 0.25) is 0 Å². The zero-order chi connectivity index (χ0) is 15.4. The molecule has 1 heterocycles. The van der Waals surface area contributed by atoms with Crippen LogP contribution in [-0.4, -0.2) is 18.5 Å². The summed E-state index contributed by atoms with van der Waals surface area (Å²) in [6, 6.07) is 8.84. The lowest BCUT2D eigenvalue weighted by Crippen LogP contribution is -2.14. The number of amides is 1. The van der Waals surface area contributed by atoms with Crippen LogP contribution in [0.5, 0.6) is 0 Å². The van der Waals surface area contributed by atoms with Crippen molar-refractivity contribution in [1.82, 2.24) is 0 Å². The molecule has 21 heavy (non-hydrogen) atoms. The van der Waals surface area contributed by atoms with Crippen molar-refractivity contribution < 1.29 is 14.3 Å². The fraction of sp³-hybridized carbons (Fsp3) is 0.200. The number of hydrogen-bond donors (Lipinski definition) is 1. The van der Waals surface area contributed by atoms with Gasteiger partial charge in [0.25, 0.3) is 5.91 Å². The number of carbonyl (C=O) groups excluding carboxylic acids is 2. The average Bonchev–Trinajstić information content (AvgIpc) is 2.80. The number of benzene rings is 1.